The quantitative estimate of drug-likeness (QED) is 0.565. The van der Waals surface area contributed by atoms with E-state index in [-0.39, 0.29) is 5.91 Å². The van der Waals surface area contributed by atoms with Crippen molar-refractivity contribution in [2.45, 2.75) is 58.4 Å². The van der Waals surface area contributed by atoms with Crippen LogP contribution in [0.4, 0.5) is 5.69 Å². The van der Waals surface area contributed by atoms with Crippen molar-refractivity contribution in [2.75, 3.05) is 51.1 Å². The highest BCUT2D eigenvalue weighted by Crippen LogP contribution is 2.22. The lowest BCUT2D eigenvalue weighted by atomic mass is 9.94. The van der Waals surface area contributed by atoms with E-state index in [4.69, 9.17) is 0 Å². The van der Waals surface area contributed by atoms with Crippen LogP contribution in [0.5, 0.6) is 0 Å². The Morgan fingerprint density at radius 2 is 1.60 bits per heavy atom. The van der Waals surface area contributed by atoms with Crippen molar-refractivity contribution < 1.29 is 19.4 Å². The number of anilines is 1. The minimum absolute atomic E-state index is 0.0832. The lowest BCUT2D eigenvalue weighted by molar-refractivity contribution is -1.00. The van der Waals surface area contributed by atoms with Crippen LogP contribution in [0.2, 0.25) is 0 Å². The van der Waals surface area contributed by atoms with Crippen LogP contribution < -0.4 is 15.1 Å². The van der Waals surface area contributed by atoms with Gasteiger partial charge in [0.05, 0.1) is 0 Å². The Hall–Kier alpha value is -1.92. The van der Waals surface area contributed by atoms with Crippen LogP contribution in [0.15, 0.2) is 24.3 Å². The molecule has 1 saturated carbocycles. The first kappa shape index (κ1) is 22.8. The van der Waals surface area contributed by atoms with Gasteiger partial charge < -0.3 is 20.0 Å². The molecule has 1 aromatic rings. The van der Waals surface area contributed by atoms with Gasteiger partial charge in [0.25, 0.3) is 11.8 Å². The number of aryl methyl sites for hydroxylation is 1. The summed E-state index contributed by atoms with van der Waals surface area (Å²) in [7, 11) is 0. The van der Waals surface area contributed by atoms with E-state index in [1.807, 2.05) is 18.2 Å². The van der Waals surface area contributed by atoms with Gasteiger partial charge in [-0.15, -0.1) is 0 Å². The van der Waals surface area contributed by atoms with Crippen LogP contribution >= 0.6 is 0 Å². The Labute approximate surface area is 181 Å². The molecule has 2 aliphatic rings. The van der Waals surface area contributed by atoms with Gasteiger partial charge in [0.1, 0.15) is 26.2 Å². The number of benzene rings is 1. The molecule has 0 radical (unpaired) electrons. The van der Waals surface area contributed by atoms with Crippen molar-refractivity contribution in [2.24, 2.45) is 0 Å². The molecule has 1 saturated heterocycles. The Balaban J connectivity index is 1.42. The van der Waals surface area contributed by atoms with Crippen LogP contribution in [0.1, 0.15) is 51.5 Å². The third-order valence-electron chi connectivity index (χ3n) is 6.82. The molecule has 0 aromatic heterocycles. The molecular formula is C24H40N4O2+2. The number of amides is 2. The second-order valence-electron chi connectivity index (χ2n) is 8.88. The first-order chi connectivity index (χ1) is 14.6. The summed E-state index contributed by atoms with van der Waals surface area (Å²) in [6, 6.07) is 8.47. The zero-order valence-corrected chi connectivity index (χ0v) is 18.8. The summed E-state index contributed by atoms with van der Waals surface area (Å²) in [6.45, 7) is 9.96. The molecule has 1 aromatic carbocycles. The van der Waals surface area contributed by atoms with Gasteiger partial charge in [0.2, 0.25) is 0 Å². The number of likely N-dealkylation sites (N-methyl/N-ethyl adjacent to an activating group) is 1. The zero-order valence-electron chi connectivity index (χ0n) is 18.8. The highest BCUT2D eigenvalue weighted by atomic mass is 16.2. The van der Waals surface area contributed by atoms with Crippen LogP contribution in [0, 0.1) is 0 Å². The number of piperazine rings is 1. The van der Waals surface area contributed by atoms with Crippen molar-refractivity contribution in [1.29, 1.82) is 0 Å². The molecule has 3 N–H and O–H groups in total. The minimum Gasteiger partial charge on any atom is -0.335 e. The van der Waals surface area contributed by atoms with Gasteiger partial charge in [0.15, 0.2) is 13.1 Å². The maximum absolute atomic E-state index is 12.9. The molecule has 30 heavy (non-hydrogen) atoms. The van der Waals surface area contributed by atoms with E-state index >= 15 is 0 Å². The summed E-state index contributed by atoms with van der Waals surface area (Å²) in [4.78, 5) is 30.2. The summed E-state index contributed by atoms with van der Waals surface area (Å²) in [5.41, 5.74) is 2.11. The predicted molar refractivity (Wildman–Crippen MR) is 120 cm³/mol. The number of para-hydroxylation sites is 1. The number of carbonyl (C=O) groups excluding carboxylic acids is 2. The summed E-state index contributed by atoms with van der Waals surface area (Å²) in [6.07, 6.45) is 7.08. The standard InChI is InChI=1S/C24H38N4O2/c1-3-20-10-8-9-13-22(20)25-23(29)18-26-14-16-27(17-15-26)19-24(30)28(4-2)21-11-6-5-7-12-21/h8-10,13,21H,3-7,11-12,14-19H2,1-2H3,(H,25,29)/p+2. The molecule has 1 aliphatic heterocycles. The highest BCUT2D eigenvalue weighted by Gasteiger charge is 2.30. The normalized spacial score (nSPS) is 22.5. The topological polar surface area (TPSA) is 58.3 Å². The van der Waals surface area contributed by atoms with Gasteiger partial charge in [-0.25, -0.2) is 0 Å². The zero-order chi connectivity index (χ0) is 21.3. The fourth-order valence-electron chi connectivity index (χ4n) is 5.03. The van der Waals surface area contributed by atoms with E-state index in [1.165, 1.54) is 47.5 Å². The van der Waals surface area contributed by atoms with E-state index in [1.54, 1.807) is 0 Å². The lowest BCUT2D eigenvalue weighted by Crippen LogP contribution is -3.28. The summed E-state index contributed by atoms with van der Waals surface area (Å²) < 4.78 is 0. The van der Waals surface area contributed by atoms with E-state index in [9.17, 15) is 9.59 Å². The smallest absolute Gasteiger partial charge is 0.279 e. The van der Waals surface area contributed by atoms with Crippen molar-refractivity contribution in [3.63, 3.8) is 0 Å². The maximum atomic E-state index is 12.9. The molecule has 1 aliphatic carbocycles. The fourth-order valence-corrected chi connectivity index (χ4v) is 5.03. The Morgan fingerprint density at radius 1 is 0.967 bits per heavy atom. The molecule has 6 heteroatoms. The van der Waals surface area contributed by atoms with Crippen LogP contribution in [0.3, 0.4) is 0 Å². The number of carbonyl (C=O) groups is 2. The van der Waals surface area contributed by atoms with E-state index in [0.717, 1.165) is 44.8 Å². The summed E-state index contributed by atoms with van der Waals surface area (Å²) in [5.74, 6) is 0.400. The van der Waals surface area contributed by atoms with Gasteiger partial charge in [-0.05, 0) is 37.8 Å². The predicted octanol–water partition coefficient (Wildman–Crippen LogP) is 0.152. The van der Waals surface area contributed by atoms with E-state index in [0.29, 0.717) is 25.0 Å². The van der Waals surface area contributed by atoms with Crippen molar-refractivity contribution >= 4 is 17.5 Å². The molecule has 166 valence electrons. The van der Waals surface area contributed by atoms with Crippen LogP contribution in [0.25, 0.3) is 0 Å². The molecule has 2 amide bonds. The number of quaternary nitrogens is 2. The minimum atomic E-state index is 0.0832. The molecule has 0 unspecified atom stereocenters. The Kier molecular flexibility index (Phi) is 8.70. The molecule has 3 rings (SSSR count). The van der Waals surface area contributed by atoms with Gasteiger partial charge in [-0.1, -0.05) is 44.4 Å². The fraction of sp³-hybridized carbons (Fsp3) is 0.667. The molecule has 1 heterocycles. The average Bonchev–Trinajstić information content (AvgIpc) is 2.77. The first-order valence-corrected chi connectivity index (χ1v) is 11.9. The Bertz CT molecular complexity index is 694. The second kappa shape index (κ2) is 11.5. The van der Waals surface area contributed by atoms with Crippen LogP contribution in [-0.4, -0.2) is 68.6 Å². The number of rotatable bonds is 8. The van der Waals surface area contributed by atoms with E-state index < -0.39 is 0 Å². The van der Waals surface area contributed by atoms with Crippen LogP contribution in [-0.2, 0) is 16.0 Å². The number of nitrogens with zero attached hydrogens (tertiary/aromatic N) is 1. The van der Waals surface area contributed by atoms with E-state index in [2.05, 4.69) is 30.1 Å². The molecule has 2 fully saturated rings. The van der Waals surface area contributed by atoms with Gasteiger partial charge >= 0.3 is 0 Å². The Morgan fingerprint density at radius 3 is 2.23 bits per heavy atom. The molecule has 6 nitrogen and oxygen atoms in total. The van der Waals surface area contributed by atoms with Crippen molar-refractivity contribution in [1.82, 2.24) is 4.90 Å². The largest absolute Gasteiger partial charge is 0.335 e. The van der Waals surface area contributed by atoms with Gasteiger partial charge in [-0.2, -0.15) is 0 Å². The second-order valence-corrected chi connectivity index (χ2v) is 8.88. The third kappa shape index (κ3) is 6.29. The third-order valence-corrected chi connectivity index (χ3v) is 6.82. The summed E-state index contributed by atoms with van der Waals surface area (Å²) in [5, 5.41) is 3.08. The summed E-state index contributed by atoms with van der Waals surface area (Å²) >= 11 is 0. The SMILES string of the molecule is CCc1ccccc1NC(=O)C[NH+]1CC[NH+](CC(=O)N(CC)C2CCCCC2)CC1. The average molecular weight is 417 g/mol. The molecule has 0 bridgehead atoms. The molecular weight excluding hydrogens is 376 g/mol. The number of hydrogen-bond donors (Lipinski definition) is 3. The molecule has 0 spiro atoms. The number of hydrogen-bond acceptors (Lipinski definition) is 2. The van der Waals surface area contributed by atoms with Crippen molar-refractivity contribution in [3.05, 3.63) is 29.8 Å². The monoisotopic (exact) mass is 416 g/mol. The van der Waals surface area contributed by atoms with Gasteiger partial charge in [0, 0.05) is 18.3 Å². The van der Waals surface area contributed by atoms with Crippen molar-refractivity contribution in [3.8, 4) is 0 Å². The highest BCUT2D eigenvalue weighted by molar-refractivity contribution is 5.92. The number of nitrogens with one attached hydrogen (secondary N) is 3. The first-order valence-electron chi connectivity index (χ1n) is 11.9. The lowest BCUT2D eigenvalue weighted by Gasteiger charge is -2.35. The maximum Gasteiger partial charge on any atom is 0.279 e. The molecule has 0 atom stereocenters. The van der Waals surface area contributed by atoms with Gasteiger partial charge in [-0.3, -0.25) is 9.59 Å².